The van der Waals surface area contributed by atoms with Crippen LogP contribution in [0.1, 0.15) is 40.2 Å². The molecule has 5 nitrogen and oxygen atoms in total. The van der Waals surface area contributed by atoms with E-state index >= 15 is 0 Å². The van der Waals surface area contributed by atoms with Gasteiger partial charge in [-0.15, -0.1) is 0 Å². The Morgan fingerprint density at radius 1 is 1.20 bits per heavy atom. The third-order valence-electron chi connectivity index (χ3n) is 4.23. The standard InChI is InChI=1S/C19H16ClN3O2/c20-17-10-15(14-1-2-14)3-4-16(17)12-25-19-6-8-22-23(19)18-9-13(11-24)5-7-21-18/h3-11,14H,1-2,12H2. The highest BCUT2D eigenvalue weighted by atomic mass is 35.5. The maximum atomic E-state index is 10.9. The molecule has 0 bridgehead atoms. The van der Waals surface area contributed by atoms with Gasteiger partial charge in [-0.05, 0) is 42.5 Å². The first-order chi connectivity index (χ1) is 12.2. The van der Waals surface area contributed by atoms with Crippen molar-refractivity contribution in [3.63, 3.8) is 0 Å². The van der Waals surface area contributed by atoms with Crippen molar-refractivity contribution in [1.82, 2.24) is 14.8 Å². The molecule has 0 saturated heterocycles. The van der Waals surface area contributed by atoms with Crippen LogP contribution in [-0.2, 0) is 6.61 Å². The lowest BCUT2D eigenvalue weighted by molar-refractivity contribution is 0.112. The monoisotopic (exact) mass is 353 g/mol. The molecule has 0 N–H and O–H groups in total. The highest BCUT2D eigenvalue weighted by Gasteiger charge is 2.23. The predicted octanol–water partition coefficient (Wildman–Crippen LogP) is 4.19. The summed E-state index contributed by atoms with van der Waals surface area (Å²) in [7, 11) is 0. The first-order valence-corrected chi connectivity index (χ1v) is 8.49. The fourth-order valence-electron chi connectivity index (χ4n) is 2.70. The van der Waals surface area contributed by atoms with Crippen LogP contribution in [0.15, 0.2) is 48.8 Å². The van der Waals surface area contributed by atoms with Crippen LogP contribution in [0.3, 0.4) is 0 Å². The number of benzene rings is 1. The van der Waals surface area contributed by atoms with Crippen LogP contribution in [0.5, 0.6) is 5.88 Å². The summed E-state index contributed by atoms with van der Waals surface area (Å²) in [6.07, 6.45) is 6.47. The Balaban J connectivity index is 1.52. The second-order valence-corrected chi connectivity index (χ2v) is 6.47. The lowest BCUT2D eigenvalue weighted by Crippen LogP contribution is -2.05. The first-order valence-electron chi connectivity index (χ1n) is 8.11. The van der Waals surface area contributed by atoms with Gasteiger partial charge in [0.1, 0.15) is 12.9 Å². The summed E-state index contributed by atoms with van der Waals surface area (Å²) < 4.78 is 7.43. The largest absolute Gasteiger partial charge is 0.473 e. The minimum absolute atomic E-state index is 0.336. The lowest BCUT2D eigenvalue weighted by atomic mass is 10.1. The van der Waals surface area contributed by atoms with Gasteiger partial charge in [0, 0.05) is 28.4 Å². The van der Waals surface area contributed by atoms with Gasteiger partial charge < -0.3 is 4.74 Å². The summed E-state index contributed by atoms with van der Waals surface area (Å²) in [6, 6.07) is 11.2. The third-order valence-corrected chi connectivity index (χ3v) is 4.58. The van der Waals surface area contributed by atoms with Crippen molar-refractivity contribution in [3.05, 3.63) is 70.5 Å². The molecule has 1 aliphatic rings. The number of ether oxygens (including phenoxy) is 1. The Bertz CT molecular complexity index is 919. The molecule has 0 aliphatic heterocycles. The fraction of sp³-hybridized carbons (Fsp3) is 0.211. The van der Waals surface area contributed by atoms with Gasteiger partial charge >= 0.3 is 0 Å². The van der Waals surface area contributed by atoms with E-state index in [9.17, 15) is 4.79 Å². The quantitative estimate of drug-likeness (QED) is 0.623. The first kappa shape index (κ1) is 15.8. The molecular formula is C19H16ClN3O2. The number of pyridine rings is 1. The minimum atomic E-state index is 0.336. The van der Waals surface area contributed by atoms with Crippen LogP contribution in [0.25, 0.3) is 5.82 Å². The molecule has 0 amide bonds. The second kappa shape index (κ2) is 6.69. The van der Waals surface area contributed by atoms with E-state index < -0.39 is 0 Å². The molecular weight excluding hydrogens is 338 g/mol. The molecule has 0 atom stereocenters. The van der Waals surface area contributed by atoms with Gasteiger partial charge in [0.15, 0.2) is 5.82 Å². The summed E-state index contributed by atoms with van der Waals surface area (Å²) in [5, 5.41) is 4.94. The summed E-state index contributed by atoms with van der Waals surface area (Å²) in [5.74, 6) is 1.74. The zero-order valence-corrected chi connectivity index (χ0v) is 14.2. The topological polar surface area (TPSA) is 57.0 Å². The third kappa shape index (κ3) is 3.42. The lowest BCUT2D eigenvalue weighted by Gasteiger charge is -2.11. The summed E-state index contributed by atoms with van der Waals surface area (Å²) in [4.78, 5) is 15.2. The van der Waals surface area contributed by atoms with E-state index in [1.807, 2.05) is 12.1 Å². The molecule has 1 aliphatic carbocycles. The van der Waals surface area contributed by atoms with Crippen molar-refractivity contribution in [2.24, 2.45) is 0 Å². The molecule has 0 unspecified atom stereocenters. The Labute approximate surface area is 150 Å². The van der Waals surface area contributed by atoms with Crippen LogP contribution in [0.4, 0.5) is 0 Å². The summed E-state index contributed by atoms with van der Waals surface area (Å²) in [6.45, 7) is 0.336. The minimum Gasteiger partial charge on any atom is -0.473 e. The van der Waals surface area contributed by atoms with Gasteiger partial charge in [0.25, 0.3) is 0 Å². The number of aromatic nitrogens is 3. The van der Waals surface area contributed by atoms with Crippen LogP contribution in [0, 0.1) is 0 Å². The fourth-order valence-corrected chi connectivity index (χ4v) is 2.94. The number of carbonyl (C=O) groups is 1. The molecule has 1 fully saturated rings. The average Bonchev–Trinajstić information content (AvgIpc) is 3.39. The smallest absolute Gasteiger partial charge is 0.218 e. The number of carbonyl (C=O) groups excluding carboxylic acids is 1. The van der Waals surface area contributed by atoms with Crippen molar-refractivity contribution < 1.29 is 9.53 Å². The van der Waals surface area contributed by atoms with Crippen LogP contribution >= 0.6 is 11.6 Å². The van der Waals surface area contributed by atoms with Crippen molar-refractivity contribution in [2.45, 2.75) is 25.4 Å². The molecule has 1 saturated carbocycles. The molecule has 3 aromatic rings. The highest BCUT2D eigenvalue weighted by Crippen LogP contribution is 2.41. The van der Waals surface area contributed by atoms with Gasteiger partial charge in [-0.3, -0.25) is 4.79 Å². The van der Waals surface area contributed by atoms with Crippen LogP contribution in [0.2, 0.25) is 5.02 Å². The summed E-state index contributed by atoms with van der Waals surface area (Å²) >= 11 is 6.38. The zero-order chi connectivity index (χ0) is 17.2. The van der Waals surface area contributed by atoms with Gasteiger partial charge in [0.2, 0.25) is 5.88 Å². The molecule has 4 rings (SSSR count). The van der Waals surface area contributed by atoms with Crippen molar-refractivity contribution >= 4 is 17.9 Å². The van der Waals surface area contributed by atoms with E-state index in [1.165, 1.54) is 18.4 Å². The van der Waals surface area contributed by atoms with Crippen molar-refractivity contribution in [2.75, 3.05) is 0 Å². The predicted molar refractivity (Wildman–Crippen MR) is 94.5 cm³/mol. The Morgan fingerprint density at radius 2 is 2.08 bits per heavy atom. The molecule has 6 heteroatoms. The second-order valence-electron chi connectivity index (χ2n) is 6.06. The summed E-state index contributed by atoms with van der Waals surface area (Å²) in [5.41, 5.74) is 2.76. The van der Waals surface area contributed by atoms with E-state index in [2.05, 4.69) is 16.1 Å². The normalized spacial score (nSPS) is 13.6. The van der Waals surface area contributed by atoms with E-state index in [0.717, 1.165) is 16.9 Å². The van der Waals surface area contributed by atoms with E-state index in [4.69, 9.17) is 16.3 Å². The molecule has 126 valence electrons. The number of rotatable bonds is 6. The average molecular weight is 354 g/mol. The van der Waals surface area contributed by atoms with Gasteiger partial charge in [0.05, 0.1) is 6.20 Å². The number of halogens is 1. The molecule has 25 heavy (non-hydrogen) atoms. The Morgan fingerprint density at radius 3 is 2.84 bits per heavy atom. The maximum Gasteiger partial charge on any atom is 0.218 e. The zero-order valence-electron chi connectivity index (χ0n) is 13.4. The van der Waals surface area contributed by atoms with E-state index in [0.29, 0.717) is 29.8 Å². The molecule has 2 heterocycles. The maximum absolute atomic E-state index is 10.9. The highest BCUT2D eigenvalue weighted by molar-refractivity contribution is 6.31. The van der Waals surface area contributed by atoms with Gasteiger partial charge in [-0.1, -0.05) is 23.7 Å². The SMILES string of the molecule is O=Cc1ccnc(-n2nccc2OCc2ccc(C3CC3)cc2Cl)c1. The molecule has 2 aromatic heterocycles. The number of aldehydes is 1. The van der Waals surface area contributed by atoms with Crippen molar-refractivity contribution in [1.29, 1.82) is 0 Å². The van der Waals surface area contributed by atoms with Crippen LogP contribution in [-0.4, -0.2) is 21.1 Å². The van der Waals surface area contributed by atoms with E-state index in [-0.39, 0.29) is 0 Å². The molecule has 1 aromatic carbocycles. The van der Waals surface area contributed by atoms with Crippen molar-refractivity contribution in [3.8, 4) is 11.7 Å². The molecule has 0 radical (unpaired) electrons. The number of hydrogen-bond acceptors (Lipinski definition) is 4. The molecule has 0 spiro atoms. The Kier molecular flexibility index (Phi) is 4.24. The number of hydrogen-bond donors (Lipinski definition) is 0. The van der Waals surface area contributed by atoms with Gasteiger partial charge in [-0.2, -0.15) is 9.78 Å². The van der Waals surface area contributed by atoms with Crippen LogP contribution < -0.4 is 4.74 Å². The Hall–Kier alpha value is -2.66. The number of nitrogens with zero attached hydrogens (tertiary/aromatic N) is 3. The van der Waals surface area contributed by atoms with E-state index in [1.54, 1.807) is 35.3 Å². The van der Waals surface area contributed by atoms with Gasteiger partial charge in [-0.25, -0.2) is 4.98 Å².